The van der Waals surface area contributed by atoms with Gasteiger partial charge in [0.1, 0.15) is 9.76 Å². The van der Waals surface area contributed by atoms with Crippen LogP contribution in [0, 0.1) is 5.82 Å². The van der Waals surface area contributed by atoms with Crippen LogP contribution in [0.5, 0.6) is 5.75 Å². The number of benzene rings is 1. The Morgan fingerprint density at radius 1 is 0.903 bits per heavy atom. The Labute approximate surface area is 195 Å². The van der Waals surface area contributed by atoms with E-state index in [1.165, 1.54) is 31.0 Å². The molecule has 0 aliphatic rings. The molecule has 0 saturated carbocycles. The van der Waals surface area contributed by atoms with E-state index in [4.69, 9.17) is 16.5 Å². The second-order valence-electron chi connectivity index (χ2n) is 10.1. The fraction of sp³-hybridized carbons (Fsp3) is 0.700. The van der Waals surface area contributed by atoms with Crippen molar-refractivity contribution in [2.75, 3.05) is 0 Å². The third-order valence-corrected chi connectivity index (χ3v) is 22.6. The number of hydrogen-bond donors (Lipinski definition) is 1. The lowest BCUT2D eigenvalue weighted by molar-refractivity contribution is 0.302. The third kappa shape index (κ3) is 12.1. The van der Waals surface area contributed by atoms with Crippen LogP contribution >= 0.6 is 0 Å². The van der Waals surface area contributed by atoms with Gasteiger partial charge in [-0.25, -0.2) is 4.39 Å². The minimum atomic E-state index is -2.41. The Hall–Kier alpha value is -0.126. The van der Waals surface area contributed by atoms with E-state index >= 15 is 0 Å². The first-order chi connectivity index (χ1) is 14.1. The highest BCUT2D eigenvalue weighted by molar-refractivity contribution is 6.89. The van der Waals surface area contributed by atoms with Gasteiger partial charge in [0.05, 0.1) is 0 Å². The fourth-order valence-electron chi connectivity index (χ4n) is 3.79. The number of unbranched alkanes of at least 4 members (excludes halogenated alkanes) is 1. The number of phenolic OH excluding ortho intramolecular Hbond substituents is 1. The molecule has 0 radical (unpaired) electrons. The van der Waals surface area contributed by atoms with E-state index < -0.39 is 49.6 Å². The predicted octanol–water partition coefficient (Wildman–Crippen LogP) is 5.75. The van der Waals surface area contributed by atoms with Gasteiger partial charge < -0.3 is 21.6 Å². The van der Waals surface area contributed by atoms with Gasteiger partial charge >= 0.3 is 25.7 Å². The molecule has 0 atom stereocenters. The molecule has 0 unspecified atom stereocenters. The van der Waals surface area contributed by atoms with Crippen LogP contribution < -0.4 is 0 Å². The van der Waals surface area contributed by atoms with Crippen molar-refractivity contribution in [2.45, 2.75) is 90.7 Å². The average Bonchev–Trinajstić information content (AvgIpc) is 2.56. The monoisotopic (exact) mass is 522 g/mol. The predicted molar refractivity (Wildman–Crippen MR) is 139 cm³/mol. The summed E-state index contributed by atoms with van der Waals surface area (Å²) in [6.07, 6.45) is 3.16. The average molecular weight is 523 g/mol. The largest absolute Gasteiger partial charge is 0.505 e. The number of aryl methyl sites for hydroxylation is 1. The van der Waals surface area contributed by atoms with Gasteiger partial charge in [0.15, 0.2) is 19.9 Å². The normalized spacial score (nSPS) is 14.0. The molecule has 0 fully saturated rings. The summed E-state index contributed by atoms with van der Waals surface area (Å²) in [6.45, 7) is 19.2. The van der Waals surface area contributed by atoms with Crippen molar-refractivity contribution in [1.29, 1.82) is 0 Å². The molecule has 180 valence electrons. The maximum atomic E-state index is 13.6. The van der Waals surface area contributed by atoms with E-state index in [1.54, 1.807) is 6.07 Å². The molecule has 1 aromatic carbocycles. The lowest BCUT2D eigenvalue weighted by Gasteiger charge is -2.40. The van der Waals surface area contributed by atoms with Crippen LogP contribution in [0.1, 0.15) is 25.3 Å². The summed E-state index contributed by atoms with van der Waals surface area (Å²) in [4.78, 5) is 0. The minimum Gasteiger partial charge on any atom is -0.505 e. The Balaban J connectivity index is 2.64. The van der Waals surface area contributed by atoms with Crippen LogP contribution in [0.3, 0.4) is 0 Å². The molecule has 5 nitrogen and oxygen atoms in total. The second-order valence-corrected chi connectivity index (χ2v) is 27.2. The van der Waals surface area contributed by atoms with E-state index in [1.807, 2.05) is 0 Å². The molecule has 0 bridgehead atoms. The lowest BCUT2D eigenvalue weighted by atomic mass is 10.1. The summed E-state index contributed by atoms with van der Waals surface area (Å²) >= 11 is 0. The van der Waals surface area contributed by atoms with Gasteiger partial charge in [0.25, 0.3) is 0 Å². The van der Waals surface area contributed by atoms with Crippen molar-refractivity contribution in [2.24, 2.45) is 0 Å². The van der Waals surface area contributed by atoms with Crippen LogP contribution in [0.15, 0.2) is 18.2 Å². The van der Waals surface area contributed by atoms with Crippen molar-refractivity contribution in [3.63, 3.8) is 0 Å². The molecule has 11 heteroatoms. The van der Waals surface area contributed by atoms with Gasteiger partial charge in [0, 0.05) is 0 Å². The maximum absolute atomic E-state index is 13.6. The molecule has 1 aromatic rings. The van der Waals surface area contributed by atoms with Crippen LogP contribution in [0.4, 0.5) is 4.39 Å². The smallest absolute Gasteiger partial charge is 0.314 e. The topological polar surface area (TPSA) is 57.2 Å². The fourth-order valence-corrected chi connectivity index (χ4v) is 25.0. The highest BCUT2D eigenvalue weighted by Crippen LogP contribution is 2.27. The van der Waals surface area contributed by atoms with E-state index in [0.29, 0.717) is 6.42 Å². The van der Waals surface area contributed by atoms with Crippen LogP contribution in [0.2, 0.25) is 64.5 Å². The quantitative estimate of drug-likeness (QED) is 0.249. The number of rotatable bonds is 14. The first-order valence-corrected chi connectivity index (χ1v) is 24.4. The summed E-state index contributed by atoms with van der Waals surface area (Å²) in [5.74, 6) is -0.887. The summed E-state index contributed by atoms with van der Waals surface area (Å²) < 4.78 is 39.5. The molecule has 0 aliphatic heterocycles. The molecule has 0 saturated heterocycles. The Kier molecular flexibility index (Phi) is 11.0. The highest BCUT2D eigenvalue weighted by atomic mass is 28.5. The summed E-state index contributed by atoms with van der Waals surface area (Å²) in [5.41, 5.74) is 0.870. The molecule has 1 N–H and O–H groups in total. The first kappa shape index (κ1) is 28.9. The lowest BCUT2D eigenvalue weighted by Crippen LogP contribution is -2.57. The van der Waals surface area contributed by atoms with E-state index in [2.05, 4.69) is 59.3 Å². The van der Waals surface area contributed by atoms with Crippen molar-refractivity contribution < 1.29 is 26.0 Å². The molecule has 0 aromatic heterocycles. The van der Waals surface area contributed by atoms with Gasteiger partial charge in [-0.15, -0.1) is 0 Å². The second kappa shape index (κ2) is 11.8. The van der Waals surface area contributed by atoms with Gasteiger partial charge in [0.2, 0.25) is 0 Å². The van der Waals surface area contributed by atoms with Crippen molar-refractivity contribution >= 4 is 43.8 Å². The molecule has 0 spiro atoms. The summed E-state index contributed by atoms with van der Waals surface area (Å²) in [5, 5.41) is 9.37. The Morgan fingerprint density at radius 2 is 1.48 bits per heavy atom. The Bertz CT molecular complexity index is 701. The summed E-state index contributed by atoms with van der Waals surface area (Å²) in [7, 11) is -9.58. The highest BCUT2D eigenvalue weighted by Gasteiger charge is 2.43. The third-order valence-electron chi connectivity index (χ3n) is 4.73. The standard InChI is InChI=1S/C20H43FO5Si5/c1-10-11-15-27-23-29(4,5)25-31(8,9)26-30(6,7)24-28(2,3)16-14-18-12-13-20(22)19(21)17-18/h12-13,17,22H,10-11,14-16,27H2,1-9H3. The van der Waals surface area contributed by atoms with E-state index in [-0.39, 0.29) is 5.75 Å². The van der Waals surface area contributed by atoms with Gasteiger partial charge in [-0.3, -0.25) is 0 Å². The Morgan fingerprint density at radius 3 is 2.06 bits per heavy atom. The SMILES string of the molecule is CCCC[SiH2]O[Si](C)(C)O[Si](C)(C)O[Si](C)(C)O[Si](C)(C)CCc1ccc(O)c(F)c1. The molecule has 31 heavy (non-hydrogen) atoms. The van der Waals surface area contributed by atoms with Gasteiger partial charge in [-0.2, -0.15) is 0 Å². The summed E-state index contributed by atoms with van der Waals surface area (Å²) in [6, 6.07) is 6.63. The molecule has 0 aliphatic carbocycles. The number of halogens is 1. The number of hydrogen-bond acceptors (Lipinski definition) is 5. The molecule has 0 heterocycles. The number of phenols is 1. The first-order valence-electron chi connectivity index (χ1n) is 11.3. The van der Waals surface area contributed by atoms with Crippen LogP contribution in [-0.4, -0.2) is 48.9 Å². The van der Waals surface area contributed by atoms with Gasteiger partial charge in [-0.05, 0) is 88.6 Å². The van der Waals surface area contributed by atoms with Crippen LogP contribution in [-0.2, 0) is 22.9 Å². The van der Waals surface area contributed by atoms with E-state index in [9.17, 15) is 9.50 Å². The van der Waals surface area contributed by atoms with Crippen LogP contribution in [0.25, 0.3) is 0 Å². The number of aromatic hydroxyl groups is 1. The molecule has 1 rings (SSSR count). The zero-order valence-corrected chi connectivity index (χ0v) is 26.3. The molecular formula is C20H43FO5Si5. The van der Waals surface area contributed by atoms with E-state index in [0.717, 1.165) is 11.6 Å². The van der Waals surface area contributed by atoms with Crippen molar-refractivity contribution in [1.82, 2.24) is 0 Å². The van der Waals surface area contributed by atoms with Crippen molar-refractivity contribution in [3.8, 4) is 5.75 Å². The van der Waals surface area contributed by atoms with Gasteiger partial charge in [-0.1, -0.05) is 25.8 Å². The zero-order chi connectivity index (χ0) is 23.9. The maximum Gasteiger partial charge on any atom is 0.314 e. The molecule has 0 amide bonds. The molecular weight excluding hydrogens is 480 g/mol. The zero-order valence-electron chi connectivity index (χ0n) is 20.9. The van der Waals surface area contributed by atoms with Crippen molar-refractivity contribution in [3.05, 3.63) is 29.6 Å². The minimum absolute atomic E-state index is 0.311.